The average molecular weight is 316 g/mol. The number of hydrogen-bond donors (Lipinski definition) is 1. The predicted molar refractivity (Wildman–Crippen MR) is 85.0 cm³/mol. The number of nitrogens with zero attached hydrogens (tertiary/aromatic N) is 3. The van der Waals surface area contributed by atoms with Crippen LogP contribution in [0.5, 0.6) is 0 Å². The lowest BCUT2D eigenvalue weighted by atomic mass is 10.3. The smallest absolute Gasteiger partial charge is 0.350 e. The van der Waals surface area contributed by atoms with Gasteiger partial charge in [-0.2, -0.15) is 0 Å². The number of rotatable bonds is 5. The summed E-state index contributed by atoms with van der Waals surface area (Å²) in [5.74, 6) is -0.225. The third-order valence-electron chi connectivity index (χ3n) is 3.31. The largest absolute Gasteiger partial charge is 0.350 e. The topological polar surface area (TPSA) is 68.4 Å². The highest BCUT2D eigenvalue weighted by Crippen LogP contribution is 2.16. The van der Waals surface area contributed by atoms with E-state index in [0.29, 0.717) is 12.2 Å². The molecule has 0 unspecified atom stereocenters. The number of aryl methyl sites for hydroxylation is 1. The third-order valence-corrected chi connectivity index (χ3v) is 4.54. The molecule has 22 heavy (non-hydrogen) atoms. The van der Waals surface area contributed by atoms with Gasteiger partial charge >= 0.3 is 5.69 Å². The molecule has 0 aliphatic heterocycles. The normalized spacial score (nSPS) is 11.0. The maximum absolute atomic E-state index is 12.1. The quantitative estimate of drug-likeness (QED) is 0.774. The van der Waals surface area contributed by atoms with Crippen LogP contribution in [0.2, 0.25) is 0 Å². The zero-order valence-electron chi connectivity index (χ0n) is 12.2. The Morgan fingerprint density at radius 3 is 2.82 bits per heavy atom. The monoisotopic (exact) mass is 316 g/mol. The number of hydrogen-bond acceptors (Lipinski definition) is 4. The van der Waals surface area contributed by atoms with Crippen molar-refractivity contribution in [1.82, 2.24) is 19.5 Å². The molecule has 0 aromatic carbocycles. The Hall–Kier alpha value is -2.41. The van der Waals surface area contributed by atoms with Gasteiger partial charge in [0.25, 0.3) is 0 Å². The fourth-order valence-corrected chi connectivity index (χ4v) is 3.05. The van der Waals surface area contributed by atoms with Gasteiger partial charge in [0.2, 0.25) is 5.91 Å². The number of pyridine rings is 1. The maximum Gasteiger partial charge on any atom is 0.350 e. The molecule has 114 valence electrons. The van der Waals surface area contributed by atoms with E-state index < -0.39 is 0 Å². The minimum atomic E-state index is -0.310. The van der Waals surface area contributed by atoms with Gasteiger partial charge in [-0.25, -0.2) is 9.48 Å². The van der Waals surface area contributed by atoms with Gasteiger partial charge < -0.3 is 5.32 Å². The number of amides is 1. The highest BCUT2D eigenvalue weighted by atomic mass is 32.1. The Kier molecular flexibility index (Phi) is 4.06. The maximum atomic E-state index is 12.1. The molecule has 0 saturated heterocycles. The molecule has 1 amide bonds. The van der Waals surface area contributed by atoms with Crippen LogP contribution >= 0.6 is 11.3 Å². The van der Waals surface area contributed by atoms with Crippen molar-refractivity contribution in [3.8, 4) is 0 Å². The first-order valence-corrected chi connectivity index (χ1v) is 7.87. The van der Waals surface area contributed by atoms with Gasteiger partial charge in [0.1, 0.15) is 6.54 Å². The zero-order chi connectivity index (χ0) is 15.5. The second-order valence-electron chi connectivity index (χ2n) is 4.87. The van der Waals surface area contributed by atoms with E-state index in [0.717, 1.165) is 11.3 Å². The molecule has 3 rings (SSSR count). The van der Waals surface area contributed by atoms with E-state index in [1.807, 2.05) is 6.07 Å². The molecule has 0 aliphatic rings. The first kappa shape index (κ1) is 14.5. The molecule has 1 N–H and O–H groups in total. The highest BCUT2D eigenvalue weighted by molar-refractivity contribution is 7.11. The number of aromatic nitrogens is 3. The van der Waals surface area contributed by atoms with E-state index in [9.17, 15) is 9.59 Å². The molecule has 0 atom stereocenters. The van der Waals surface area contributed by atoms with Crippen molar-refractivity contribution in [2.24, 2.45) is 0 Å². The van der Waals surface area contributed by atoms with Crippen molar-refractivity contribution in [2.75, 3.05) is 0 Å². The van der Waals surface area contributed by atoms with Gasteiger partial charge in [-0.15, -0.1) is 16.4 Å². The Morgan fingerprint density at radius 1 is 1.27 bits per heavy atom. The average Bonchev–Trinajstić information content (AvgIpc) is 3.11. The van der Waals surface area contributed by atoms with E-state index in [-0.39, 0.29) is 18.1 Å². The van der Waals surface area contributed by atoms with Crippen molar-refractivity contribution >= 4 is 22.9 Å². The SMILES string of the molecule is CCc1ccc(CNC(=O)Cn2nc3ccccn3c2=O)s1. The molecule has 6 nitrogen and oxygen atoms in total. The van der Waals surface area contributed by atoms with E-state index in [4.69, 9.17) is 0 Å². The summed E-state index contributed by atoms with van der Waals surface area (Å²) in [5.41, 5.74) is 0.223. The zero-order valence-corrected chi connectivity index (χ0v) is 13.0. The summed E-state index contributed by atoms with van der Waals surface area (Å²) in [6, 6.07) is 9.37. The van der Waals surface area contributed by atoms with Crippen molar-refractivity contribution < 1.29 is 4.79 Å². The van der Waals surface area contributed by atoms with Crippen molar-refractivity contribution in [3.63, 3.8) is 0 Å². The predicted octanol–water partition coefficient (Wildman–Crippen LogP) is 1.44. The van der Waals surface area contributed by atoms with Gasteiger partial charge in [0.15, 0.2) is 5.65 Å². The van der Waals surface area contributed by atoms with Gasteiger partial charge in [-0.05, 0) is 30.7 Å². The molecule has 3 heterocycles. The van der Waals surface area contributed by atoms with Crippen LogP contribution in [-0.2, 0) is 24.3 Å². The third kappa shape index (κ3) is 2.94. The first-order valence-electron chi connectivity index (χ1n) is 7.06. The molecule has 0 saturated carbocycles. The van der Waals surface area contributed by atoms with Gasteiger partial charge in [0, 0.05) is 16.0 Å². The molecular formula is C15H16N4O2S. The van der Waals surface area contributed by atoms with Crippen molar-refractivity contribution in [2.45, 2.75) is 26.4 Å². The fourth-order valence-electron chi connectivity index (χ4n) is 2.16. The second-order valence-corrected chi connectivity index (χ2v) is 6.12. The second kappa shape index (κ2) is 6.15. The Bertz CT molecular complexity index is 862. The molecule has 0 aliphatic carbocycles. The van der Waals surface area contributed by atoms with Crippen LogP contribution in [0.15, 0.2) is 41.3 Å². The van der Waals surface area contributed by atoms with E-state index >= 15 is 0 Å². The molecule has 3 aromatic rings. The van der Waals surface area contributed by atoms with E-state index in [1.165, 1.54) is 14.0 Å². The summed E-state index contributed by atoms with van der Waals surface area (Å²) in [7, 11) is 0. The summed E-state index contributed by atoms with van der Waals surface area (Å²) >= 11 is 1.69. The van der Waals surface area contributed by atoms with Crippen LogP contribution in [0.4, 0.5) is 0 Å². The number of nitrogens with one attached hydrogen (secondary N) is 1. The number of fused-ring (bicyclic) bond motifs is 1. The van der Waals surface area contributed by atoms with Gasteiger partial charge in [0.05, 0.1) is 6.54 Å². The Balaban J connectivity index is 1.65. The molecule has 0 bridgehead atoms. The summed E-state index contributed by atoms with van der Waals surface area (Å²) in [4.78, 5) is 26.4. The minimum absolute atomic E-state index is 0.0769. The summed E-state index contributed by atoms with van der Waals surface area (Å²) < 4.78 is 2.59. The highest BCUT2D eigenvalue weighted by Gasteiger charge is 2.10. The lowest BCUT2D eigenvalue weighted by Gasteiger charge is -2.02. The summed E-state index contributed by atoms with van der Waals surface area (Å²) in [6.07, 6.45) is 2.63. The Morgan fingerprint density at radius 2 is 2.09 bits per heavy atom. The lowest BCUT2D eigenvalue weighted by Crippen LogP contribution is -2.32. The molecule has 0 spiro atoms. The molecule has 3 aromatic heterocycles. The van der Waals surface area contributed by atoms with Crippen LogP contribution in [0.25, 0.3) is 5.65 Å². The van der Waals surface area contributed by atoms with Crippen LogP contribution in [-0.4, -0.2) is 20.1 Å². The fraction of sp³-hybridized carbons (Fsp3) is 0.267. The lowest BCUT2D eigenvalue weighted by molar-refractivity contribution is -0.122. The Labute approximate surface area is 131 Å². The van der Waals surface area contributed by atoms with Crippen molar-refractivity contribution in [1.29, 1.82) is 0 Å². The number of carbonyl (C=O) groups excluding carboxylic acids is 1. The summed E-state index contributed by atoms with van der Waals surface area (Å²) in [5, 5.41) is 6.95. The van der Waals surface area contributed by atoms with E-state index in [1.54, 1.807) is 35.7 Å². The van der Waals surface area contributed by atoms with Crippen LogP contribution in [0.3, 0.4) is 0 Å². The van der Waals surface area contributed by atoms with E-state index in [2.05, 4.69) is 23.4 Å². The standard InChI is InChI=1S/C15H16N4O2S/c1-2-11-6-7-12(22-11)9-16-14(20)10-19-15(21)18-8-4-3-5-13(18)17-19/h3-8H,2,9-10H2,1H3,(H,16,20). The molecule has 0 radical (unpaired) electrons. The summed E-state index contributed by atoms with van der Waals surface area (Å²) in [6.45, 7) is 2.50. The number of carbonyl (C=O) groups is 1. The first-order chi connectivity index (χ1) is 10.7. The van der Waals surface area contributed by atoms with Crippen LogP contribution < -0.4 is 11.0 Å². The van der Waals surface area contributed by atoms with Crippen molar-refractivity contribution in [3.05, 3.63) is 56.8 Å². The van der Waals surface area contributed by atoms with Gasteiger partial charge in [-0.3, -0.25) is 9.20 Å². The number of thiophene rings is 1. The minimum Gasteiger partial charge on any atom is -0.350 e. The van der Waals surface area contributed by atoms with Crippen LogP contribution in [0, 0.1) is 0 Å². The van der Waals surface area contributed by atoms with Crippen LogP contribution in [0.1, 0.15) is 16.7 Å². The molecule has 7 heteroatoms. The van der Waals surface area contributed by atoms with Gasteiger partial charge in [-0.1, -0.05) is 13.0 Å². The molecular weight excluding hydrogens is 300 g/mol. The molecule has 0 fully saturated rings.